The van der Waals surface area contributed by atoms with Crippen LogP contribution in [0, 0.1) is 12.8 Å². The van der Waals surface area contributed by atoms with E-state index in [2.05, 4.69) is 0 Å². The second-order valence-electron chi connectivity index (χ2n) is 3.94. The summed E-state index contributed by atoms with van der Waals surface area (Å²) in [5.74, 6) is 1.08. The van der Waals surface area contributed by atoms with E-state index in [9.17, 15) is 4.79 Å². The van der Waals surface area contributed by atoms with E-state index in [0.717, 1.165) is 24.0 Å². The van der Waals surface area contributed by atoms with Crippen LogP contribution in [-0.2, 0) is 0 Å². The Balaban J connectivity index is 2.39. The molecule has 0 aromatic heterocycles. The average molecular weight is 225 g/mol. The lowest BCUT2D eigenvalue weighted by Crippen LogP contribution is -2.04. The number of ether oxygens (including phenoxy) is 1. The maximum Gasteiger partial charge on any atom is 0.166 e. The molecule has 0 atom stereocenters. The van der Waals surface area contributed by atoms with Crippen molar-refractivity contribution in [3.8, 4) is 5.75 Å². The van der Waals surface area contributed by atoms with Crippen molar-refractivity contribution >= 4 is 17.4 Å². The minimum atomic E-state index is 0.219. The second-order valence-corrected chi connectivity index (χ2v) is 4.35. The van der Waals surface area contributed by atoms with Crippen molar-refractivity contribution in [2.24, 2.45) is 5.92 Å². The van der Waals surface area contributed by atoms with Crippen LogP contribution in [0.15, 0.2) is 12.1 Å². The van der Waals surface area contributed by atoms with Gasteiger partial charge in [-0.2, -0.15) is 0 Å². The molecule has 0 aliphatic heterocycles. The van der Waals surface area contributed by atoms with Gasteiger partial charge in [-0.15, -0.1) is 0 Å². The van der Waals surface area contributed by atoms with E-state index in [-0.39, 0.29) is 11.7 Å². The molecule has 2 nitrogen and oxygen atoms in total. The number of halogens is 1. The maximum absolute atomic E-state index is 11.9. The molecular weight excluding hydrogens is 212 g/mol. The number of methoxy groups -OCH3 is 1. The summed E-state index contributed by atoms with van der Waals surface area (Å²) in [7, 11) is 1.57. The fraction of sp³-hybridized carbons (Fsp3) is 0.417. The zero-order chi connectivity index (χ0) is 11.0. The number of carbonyl (C=O) groups is 1. The normalized spacial score (nSPS) is 15.1. The largest absolute Gasteiger partial charge is 0.495 e. The molecule has 80 valence electrons. The summed E-state index contributed by atoms with van der Waals surface area (Å²) >= 11 is 5.99. The van der Waals surface area contributed by atoms with Gasteiger partial charge in [-0.1, -0.05) is 11.6 Å². The average Bonchev–Trinajstić information content (AvgIpc) is 3.03. The molecule has 0 saturated heterocycles. The molecule has 3 heteroatoms. The van der Waals surface area contributed by atoms with E-state index in [4.69, 9.17) is 16.3 Å². The van der Waals surface area contributed by atoms with Crippen LogP contribution in [0.4, 0.5) is 0 Å². The van der Waals surface area contributed by atoms with E-state index >= 15 is 0 Å². The first-order valence-electron chi connectivity index (χ1n) is 5.02. The third-order valence-corrected chi connectivity index (χ3v) is 3.01. The summed E-state index contributed by atoms with van der Waals surface area (Å²) in [6, 6.07) is 3.54. The molecule has 1 aromatic carbocycles. The Morgan fingerprint density at radius 3 is 2.67 bits per heavy atom. The molecule has 15 heavy (non-hydrogen) atoms. The maximum atomic E-state index is 11.9. The fourth-order valence-electron chi connectivity index (χ4n) is 1.64. The van der Waals surface area contributed by atoms with E-state index < -0.39 is 0 Å². The molecule has 2 rings (SSSR count). The van der Waals surface area contributed by atoms with Crippen molar-refractivity contribution in [1.82, 2.24) is 0 Å². The lowest BCUT2D eigenvalue weighted by atomic mass is 10.0. The summed E-state index contributed by atoms with van der Waals surface area (Å²) in [6.45, 7) is 1.91. The third-order valence-electron chi connectivity index (χ3n) is 2.71. The molecule has 0 spiro atoms. The van der Waals surface area contributed by atoms with Crippen LogP contribution in [0.3, 0.4) is 0 Å². The van der Waals surface area contributed by atoms with Crippen LogP contribution in [0.2, 0.25) is 5.02 Å². The smallest absolute Gasteiger partial charge is 0.166 e. The first-order valence-corrected chi connectivity index (χ1v) is 5.39. The van der Waals surface area contributed by atoms with Gasteiger partial charge in [-0.05, 0) is 37.5 Å². The minimum absolute atomic E-state index is 0.219. The molecular formula is C12H13ClO2. The molecule has 1 saturated carbocycles. The van der Waals surface area contributed by atoms with Gasteiger partial charge in [0.2, 0.25) is 0 Å². The summed E-state index contributed by atoms with van der Waals surface area (Å²) in [6.07, 6.45) is 2.03. The van der Waals surface area contributed by atoms with Crippen LogP contribution in [0.5, 0.6) is 5.75 Å². The molecule has 0 N–H and O–H groups in total. The standard InChI is InChI=1S/C12H13ClO2/c1-7-5-11(15-2)10(13)6-9(7)12(14)8-3-4-8/h5-6,8H,3-4H2,1-2H3. The van der Waals surface area contributed by atoms with Gasteiger partial charge in [-0.3, -0.25) is 4.79 Å². The van der Waals surface area contributed by atoms with Gasteiger partial charge in [0.05, 0.1) is 12.1 Å². The number of hydrogen-bond acceptors (Lipinski definition) is 2. The van der Waals surface area contributed by atoms with Crippen molar-refractivity contribution in [1.29, 1.82) is 0 Å². The van der Waals surface area contributed by atoms with Crippen LogP contribution >= 0.6 is 11.6 Å². The zero-order valence-electron chi connectivity index (χ0n) is 8.84. The summed E-state index contributed by atoms with van der Waals surface area (Å²) in [5.41, 5.74) is 1.68. The molecule has 1 aliphatic rings. The molecule has 0 bridgehead atoms. The predicted octanol–water partition coefficient (Wildman–Crippen LogP) is 3.25. The topological polar surface area (TPSA) is 26.3 Å². The van der Waals surface area contributed by atoms with E-state index in [0.29, 0.717) is 10.8 Å². The molecule has 1 aliphatic carbocycles. The summed E-state index contributed by atoms with van der Waals surface area (Å²) in [5, 5.41) is 0.507. The Bertz CT molecular complexity index is 408. The van der Waals surface area contributed by atoms with Gasteiger partial charge in [0, 0.05) is 11.5 Å². The van der Waals surface area contributed by atoms with Crippen molar-refractivity contribution in [2.45, 2.75) is 19.8 Å². The highest BCUT2D eigenvalue weighted by atomic mass is 35.5. The van der Waals surface area contributed by atoms with Gasteiger partial charge in [-0.25, -0.2) is 0 Å². The summed E-state index contributed by atoms with van der Waals surface area (Å²) < 4.78 is 5.09. The zero-order valence-corrected chi connectivity index (χ0v) is 9.60. The molecule has 1 fully saturated rings. The SMILES string of the molecule is COc1cc(C)c(C(=O)C2CC2)cc1Cl. The Kier molecular flexibility index (Phi) is 2.70. The van der Waals surface area contributed by atoms with Crippen LogP contribution in [-0.4, -0.2) is 12.9 Å². The highest BCUT2D eigenvalue weighted by Gasteiger charge is 2.31. The number of aryl methyl sites for hydroxylation is 1. The number of rotatable bonds is 3. The van der Waals surface area contributed by atoms with E-state index in [1.54, 1.807) is 13.2 Å². The molecule has 0 radical (unpaired) electrons. The number of benzene rings is 1. The van der Waals surface area contributed by atoms with Gasteiger partial charge < -0.3 is 4.74 Å². The van der Waals surface area contributed by atoms with Crippen molar-refractivity contribution in [3.05, 3.63) is 28.3 Å². The minimum Gasteiger partial charge on any atom is -0.495 e. The van der Waals surface area contributed by atoms with Crippen molar-refractivity contribution in [2.75, 3.05) is 7.11 Å². The van der Waals surface area contributed by atoms with E-state index in [1.807, 2.05) is 13.0 Å². The molecule has 1 aromatic rings. The van der Waals surface area contributed by atoms with Crippen molar-refractivity contribution < 1.29 is 9.53 Å². The fourth-order valence-corrected chi connectivity index (χ4v) is 1.88. The number of ketones is 1. The highest BCUT2D eigenvalue weighted by Crippen LogP contribution is 2.36. The predicted molar refractivity (Wildman–Crippen MR) is 59.8 cm³/mol. The van der Waals surface area contributed by atoms with Gasteiger partial charge in [0.25, 0.3) is 0 Å². The lowest BCUT2D eigenvalue weighted by molar-refractivity contribution is 0.0967. The first-order chi connectivity index (χ1) is 7.13. The van der Waals surface area contributed by atoms with Crippen molar-refractivity contribution in [3.63, 3.8) is 0 Å². The second kappa shape index (κ2) is 3.86. The van der Waals surface area contributed by atoms with Gasteiger partial charge in [0.15, 0.2) is 5.78 Å². The quantitative estimate of drug-likeness (QED) is 0.737. The van der Waals surface area contributed by atoms with Gasteiger partial charge >= 0.3 is 0 Å². The Morgan fingerprint density at radius 1 is 1.47 bits per heavy atom. The molecule has 0 amide bonds. The molecule has 0 heterocycles. The Labute approximate surface area is 94.2 Å². The lowest BCUT2D eigenvalue weighted by Gasteiger charge is -2.08. The Morgan fingerprint density at radius 2 is 2.13 bits per heavy atom. The Hall–Kier alpha value is -1.02. The third kappa shape index (κ3) is 2.00. The van der Waals surface area contributed by atoms with Gasteiger partial charge in [0.1, 0.15) is 5.75 Å². The highest BCUT2D eigenvalue weighted by molar-refractivity contribution is 6.32. The molecule has 0 unspecified atom stereocenters. The number of Topliss-reactive ketones (excluding diaryl/α,β-unsaturated/α-hetero) is 1. The van der Waals surface area contributed by atoms with Crippen LogP contribution in [0.25, 0.3) is 0 Å². The number of hydrogen-bond donors (Lipinski definition) is 0. The number of carbonyl (C=O) groups excluding carboxylic acids is 1. The van der Waals surface area contributed by atoms with Crippen LogP contribution < -0.4 is 4.74 Å². The monoisotopic (exact) mass is 224 g/mol. The van der Waals surface area contributed by atoms with E-state index in [1.165, 1.54) is 0 Å². The summed E-state index contributed by atoms with van der Waals surface area (Å²) in [4.78, 5) is 11.9. The van der Waals surface area contributed by atoms with Crippen LogP contribution in [0.1, 0.15) is 28.8 Å². The first kappa shape index (κ1) is 10.5.